The van der Waals surface area contributed by atoms with Gasteiger partial charge in [0.2, 0.25) is 0 Å². The van der Waals surface area contributed by atoms with Crippen LogP contribution in [-0.4, -0.2) is 22.4 Å². The van der Waals surface area contributed by atoms with Crippen molar-refractivity contribution in [1.82, 2.24) is 4.57 Å². The van der Waals surface area contributed by atoms with Crippen LogP contribution in [0.5, 0.6) is 0 Å². The lowest BCUT2D eigenvalue weighted by molar-refractivity contribution is -0.144. The van der Waals surface area contributed by atoms with Crippen LogP contribution in [0.2, 0.25) is 5.02 Å². The zero-order valence-electron chi connectivity index (χ0n) is 15.6. The number of carbonyl (C=O) groups is 1. The summed E-state index contributed by atoms with van der Waals surface area (Å²) in [6.45, 7) is 2.12. The molecule has 1 aliphatic heterocycles. The van der Waals surface area contributed by atoms with Crippen LogP contribution in [-0.2, 0) is 16.1 Å². The van der Waals surface area contributed by atoms with Crippen LogP contribution in [0.25, 0.3) is 0 Å². The Balaban J connectivity index is 1.61. The molecule has 5 rings (SSSR count). The number of thioether (sulfide) groups is 1. The number of nitrogens with zero attached hydrogens (tertiary/aromatic N) is 1. The average Bonchev–Trinajstić information content (AvgIpc) is 3.36. The van der Waals surface area contributed by atoms with Gasteiger partial charge in [0.05, 0.1) is 11.6 Å². The van der Waals surface area contributed by atoms with Gasteiger partial charge in [-0.05, 0) is 61.6 Å². The van der Waals surface area contributed by atoms with Crippen molar-refractivity contribution in [2.75, 3.05) is 6.61 Å². The maximum atomic E-state index is 12.8. The standard InChI is InChI=1S/C21H22ClNO3S2/c1-2-26-15(24)10-23-20-19(28-21(23)25)16(11-5-7-14(22)8-6-11)17-12-3-4-13(9-12)18(17)27-20/h5-8,12-13,16-18H,2-4,9-10H2,1H3/t12-,13-,16+,17+,18+/m0/s1. The first kappa shape index (κ1) is 18.8. The maximum Gasteiger partial charge on any atom is 0.326 e. The first-order chi connectivity index (χ1) is 13.6. The van der Waals surface area contributed by atoms with Gasteiger partial charge in [0.1, 0.15) is 6.54 Å². The van der Waals surface area contributed by atoms with E-state index >= 15 is 0 Å². The number of aromatic nitrogens is 1. The third-order valence-electron chi connectivity index (χ3n) is 6.51. The minimum Gasteiger partial charge on any atom is -0.465 e. The van der Waals surface area contributed by atoms with E-state index in [1.165, 1.54) is 36.2 Å². The number of thiazole rings is 1. The molecule has 2 saturated carbocycles. The van der Waals surface area contributed by atoms with E-state index in [1.54, 1.807) is 11.5 Å². The second kappa shape index (κ2) is 7.22. The van der Waals surface area contributed by atoms with Gasteiger partial charge in [-0.2, -0.15) is 0 Å². The zero-order valence-corrected chi connectivity index (χ0v) is 18.0. The average molecular weight is 436 g/mol. The molecule has 1 aromatic carbocycles. The van der Waals surface area contributed by atoms with Crippen molar-refractivity contribution in [1.29, 1.82) is 0 Å². The molecule has 2 bridgehead atoms. The fraction of sp³-hybridized carbons (Fsp3) is 0.524. The number of benzene rings is 1. The molecule has 0 saturated heterocycles. The molecule has 2 heterocycles. The lowest BCUT2D eigenvalue weighted by Crippen LogP contribution is -2.34. The highest BCUT2D eigenvalue weighted by Crippen LogP contribution is 2.64. The fourth-order valence-corrected chi connectivity index (χ4v) is 8.74. The number of hydrogen-bond donors (Lipinski definition) is 0. The van der Waals surface area contributed by atoms with Gasteiger partial charge in [0, 0.05) is 21.1 Å². The van der Waals surface area contributed by atoms with Crippen molar-refractivity contribution < 1.29 is 9.53 Å². The molecule has 28 heavy (non-hydrogen) atoms. The number of esters is 1. The van der Waals surface area contributed by atoms with E-state index in [9.17, 15) is 9.59 Å². The Bertz CT molecular complexity index is 967. The largest absolute Gasteiger partial charge is 0.465 e. The van der Waals surface area contributed by atoms with Gasteiger partial charge in [-0.15, -0.1) is 11.8 Å². The molecular formula is C21H22ClNO3S2. The van der Waals surface area contributed by atoms with Gasteiger partial charge in [-0.25, -0.2) is 0 Å². The van der Waals surface area contributed by atoms with E-state index in [0.717, 1.165) is 20.8 Å². The number of fused-ring (bicyclic) bond motifs is 6. The van der Waals surface area contributed by atoms with Crippen LogP contribution in [0, 0.1) is 17.8 Å². The van der Waals surface area contributed by atoms with Gasteiger partial charge in [0.25, 0.3) is 0 Å². The highest BCUT2D eigenvalue weighted by atomic mass is 35.5. The predicted molar refractivity (Wildman–Crippen MR) is 112 cm³/mol. The smallest absolute Gasteiger partial charge is 0.326 e. The predicted octanol–water partition coefficient (Wildman–Crippen LogP) is 4.78. The Morgan fingerprint density at radius 2 is 2.00 bits per heavy atom. The Morgan fingerprint density at radius 1 is 1.25 bits per heavy atom. The zero-order chi connectivity index (χ0) is 19.4. The van der Waals surface area contributed by atoms with Crippen molar-refractivity contribution in [2.45, 2.75) is 48.9 Å². The molecule has 148 valence electrons. The Kier molecular flexibility index (Phi) is 4.84. The van der Waals surface area contributed by atoms with E-state index in [2.05, 4.69) is 12.1 Å². The summed E-state index contributed by atoms with van der Waals surface area (Å²) in [4.78, 5) is 26.0. The summed E-state index contributed by atoms with van der Waals surface area (Å²) in [5.41, 5.74) is 1.23. The number of hydrogen-bond acceptors (Lipinski definition) is 5. The van der Waals surface area contributed by atoms with E-state index in [0.29, 0.717) is 23.7 Å². The van der Waals surface area contributed by atoms with Crippen molar-refractivity contribution >= 4 is 40.7 Å². The van der Waals surface area contributed by atoms with Crippen LogP contribution in [0.15, 0.2) is 34.1 Å². The van der Waals surface area contributed by atoms with E-state index in [1.807, 2.05) is 23.9 Å². The molecule has 0 spiro atoms. The fourth-order valence-electron chi connectivity index (χ4n) is 5.47. The third kappa shape index (κ3) is 2.96. The first-order valence-electron chi connectivity index (χ1n) is 9.88. The summed E-state index contributed by atoms with van der Waals surface area (Å²) in [5.74, 6) is 1.88. The SMILES string of the molecule is CCOC(=O)Cn1c2c(sc1=O)[C@H](c1ccc(Cl)cc1)[C@H]1[C@H]3CC[C@@H](C3)[C@H]1S2. The molecule has 3 aliphatic rings. The van der Waals surface area contributed by atoms with Gasteiger partial charge >= 0.3 is 10.8 Å². The molecule has 2 aliphatic carbocycles. The van der Waals surface area contributed by atoms with E-state index in [4.69, 9.17) is 16.3 Å². The molecule has 4 nitrogen and oxygen atoms in total. The van der Waals surface area contributed by atoms with E-state index < -0.39 is 0 Å². The number of halogens is 1. The van der Waals surface area contributed by atoms with Crippen LogP contribution in [0.4, 0.5) is 0 Å². The summed E-state index contributed by atoms with van der Waals surface area (Å²) in [6, 6.07) is 8.10. The molecule has 1 aromatic heterocycles. The summed E-state index contributed by atoms with van der Waals surface area (Å²) >= 11 is 9.28. The number of rotatable bonds is 4. The second-order valence-electron chi connectivity index (χ2n) is 7.95. The second-order valence-corrected chi connectivity index (χ2v) is 10.5. The number of carbonyl (C=O) groups excluding carboxylic acids is 1. The molecule has 0 N–H and O–H groups in total. The van der Waals surface area contributed by atoms with Crippen molar-refractivity contribution in [2.24, 2.45) is 17.8 Å². The molecule has 0 radical (unpaired) electrons. The summed E-state index contributed by atoms with van der Waals surface area (Å²) in [6.07, 6.45) is 3.88. The minimum atomic E-state index is -0.344. The molecular weight excluding hydrogens is 414 g/mol. The minimum absolute atomic E-state index is 0.00429. The van der Waals surface area contributed by atoms with Crippen molar-refractivity contribution in [3.8, 4) is 0 Å². The van der Waals surface area contributed by atoms with Gasteiger partial charge in [-0.3, -0.25) is 14.2 Å². The summed E-state index contributed by atoms with van der Waals surface area (Å²) < 4.78 is 6.75. The third-order valence-corrected chi connectivity index (χ3v) is 9.59. The first-order valence-corrected chi connectivity index (χ1v) is 12.0. The Morgan fingerprint density at radius 3 is 2.75 bits per heavy atom. The molecule has 2 aromatic rings. The summed E-state index contributed by atoms with van der Waals surface area (Å²) in [5, 5.41) is 2.23. The highest BCUT2D eigenvalue weighted by Gasteiger charge is 2.55. The highest BCUT2D eigenvalue weighted by molar-refractivity contribution is 8.00. The van der Waals surface area contributed by atoms with Crippen LogP contribution < -0.4 is 4.87 Å². The maximum absolute atomic E-state index is 12.8. The van der Waals surface area contributed by atoms with Crippen molar-refractivity contribution in [3.05, 3.63) is 49.4 Å². The Labute approximate surface area is 177 Å². The van der Waals surface area contributed by atoms with E-state index in [-0.39, 0.29) is 23.3 Å². The lowest BCUT2D eigenvalue weighted by Gasteiger charge is -2.40. The van der Waals surface area contributed by atoms with Crippen molar-refractivity contribution in [3.63, 3.8) is 0 Å². The van der Waals surface area contributed by atoms with Crippen LogP contribution >= 0.6 is 34.7 Å². The van der Waals surface area contributed by atoms with Crippen LogP contribution in [0.3, 0.4) is 0 Å². The summed E-state index contributed by atoms with van der Waals surface area (Å²) in [7, 11) is 0. The quantitative estimate of drug-likeness (QED) is 0.648. The van der Waals surface area contributed by atoms with Gasteiger partial charge in [-0.1, -0.05) is 35.1 Å². The molecule has 2 fully saturated rings. The molecule has 0 unspecified atom stereocenters. The number of ether oxygens (including phenoxy) is 1. The molecule has 5 atom stereocenters. The van der Waals surface area contributed by atoms with Gasteiger partial charge in [0.15, 0.2) is 0 Å². The monoisotopic (exact) mass is 435 g/mol. The molecule has 7 heteroatoms. The molecule has 0 amide bonds. The normalized spacial score (nSPS) is 30.1. The lowest BCUT2D eigenvalue weighted by atomic mass is 9.75. The van der Waals surface area contributed by atoms with Crippen LogP contribution in [0.1, 0.15) is 42.5 Å². The topological polar surface area (TPSA) is 48.3 Å². The Hall–Kier alpha value is -1.24. The van der Waals surface area contributed by atoms with Gasteiger partial charge < -0.3 is 4.74 Å².